The molecule has 0 atom stereocenters. The van der Waals surface area contributed by atoms with Gasteiger partial charge < -0.3 is 10.8 Å². The largest absolute Gasteiger partial charge is 0.592 e. The molecule has 1 aromatic heterocycles. The Kier molecular flexibility index (Phi) is 3.72. The summed E-state index contributed by atoms with van der Waals surface area (Å²) >= 11 is 0. The van der Waals surface area contributed by atoms with Gasteiger partial charge in [0.25, 0.3) is 5.76 Å². The van der Waals surface area contributed by atoms with Crippen LogP contribution in [-0.4, -0.2) is 20.8 Å². The highest BCUT2D eigenvalue weighted by atomic mass is 19.1. The number of nitrogens with one attached hydrogen (secondary N) is 1. The van der Waals surface area contributed by atoms with Crippen molar-refractivity contribution in [1.82, 2.24) is 9.97 Å². The second-order valence-electron chi connectivity index (χ2n) is 4.94. The summed E-state index contributed by atoms with van der Waals surface area (Å²) in [7, 11) is 0. The topological polar surface area (TPSA) is 98.6 Å². The molecule has 1 heterocycles. The van der Waals surface area contributed by atoms with E-state index in [1.165, 1.54) is 24.3 Å². The van der Waals surface area contributed by atoms with Crippen LogP contribution in [0.1, 0.15) is 11.3 Å². The molecule has 0 radical (unpaired) electrons. The maximum atomic E-state index is 13.0. The van der Waals surface area contributed by atoms with Gasteiger partial charge in [-0.25, -0.2) is 14.4 Å². The average Bonchev–Trinajstić information content (AvgIpc) is 2.55. The van der Waals surface area contributed by atoms with Crippen LogP contribution in [0.2, 0.25) is 0 Å². The monoisotopic (exact) mass is 309 g/mol. The lowest BCUT2D eigenvalue weighted by molar-refractivity contribution is 0.509. The van der Waals surface area contributed by atoms with E-state index >= 15 is 0 Å². The smallest absolute Gasteiger partial charge is 0.270 e. The number of nitrogens with two attached hydrogens (primary N) is 1. The lowest BCUT2D eigenvalue weighted by Crippen LogP contribution is -2.06. The summed E-state index contributed by atoms with van der Waals surface area (Å²) in [6.45, 7) is 0. The van der Waals surface area contributed by atoms with Crippen molar-refractivity contribution in [2.24, 2.45) is 0 Å². The second kappa shape index (κ2) is 5.84. The van der Waals surface area contributed by atoms with Crippen LogP contribution in [0.4, 0.5) is 10.3 Å². The first-order chi connectivity index (χ1) is 11.0. The van der Waals surface area contributed by atoms with E-state index in [1.54, 1.807) is 30.5 Å². The number of nitrogen functional groups attached to an aromatic ring is 1. The van der Waals surface area contributed by atoms with E-state index in [4.69, 9.17) is 16.2 Å². The van der Waals surface area contributed by atoms with Crippen LogP contribution < -0.4 is 5.73 Å². The average molecular weight is 309 g/mol. The van der Waals surface area contributed by atoms with Gasteiger partial charge in [-0.2, -0.15) is 0 Å². The number of hydrogen-bond donors (Lipinski definition) is 2. The predicted octanol–water partition coefficient (Wildman–Crippen LogP) is 2.31. The van der Waals surface area contributed by atoms with Gasteiger partial charge in [0, 0.05) is 11.8 Å². The van der Waals surface area contributed by atoms with Gasteiger partial charge in [-0.05, 0) is 42.5 Å². The van der Waals surface area contributed by atoms with Crippen molar-refractivity contribution in [3.63, 3.8) is 0 Å². The van der Waals surface area contributed by atoms with Gasteiger partial charge in [0.1, 0.15) is 5.82 Å². The molecular weight excluding hydrogens is 295 g/mol. The van der Waals surface area contributed by atoms with E-state index in [0.717, 1.165) is 5.57 Å². The van der Waals surface area contributed by atoms with Crippen molar-refractivity contribution in [2.75, 3.05) is 5.73 Å². The summed E-state index contributed by atoms with van der Waals surface area (Å²) < 4.78 is 13.0. The number of anilines is 1. The van der Waals surface area contributed by atoms with Gasteiger partial charge in [0.15, 0.2) is 0 Å². The van der Waals surface area contributed by atoms with Gasteiger partial charge in [0.05, 0.1) is 22.5 Å². The van der Waals surface area contributed by atoms with Crippen LogP contribution >= 0.6 is 0 Å². The molecule has 0 aliphatic heterocycles. The molecule has 1 aliphatic rings. The van der Waals surface area contributed by atoms with Crippen molar-refractivity contribution >= 4 is 23.0 Å². The molecule has 0 fully saturated rings. The highest BCUT2D eigenvalue weighted by Gasteiger charge is 2.19. The number of nitrogens with zero attached hydrogens (tertiary/aromatic N) is 2. The first kappa shape index (κ1) is 14.6. The molecular formula is C17H14FN4O+. The lowest BCUT2D eigenvalue weighted by Gasteiger charge is -2.11. The summed E-state index contributed by atoms with van der Waals surface area (Å²) in [5.74, 6) is -0.0515. The van der Waals surface area contributed by atoms with Gasteiger partial charge in [-0.1, -0.05) is 6.08 Å². The zero-order valence-electron chi connectivity index (χ0n) is 12.0. The number of allylic oxidation sites excluding steroid dienone is 5. The maximum Gasteiger partial charge on any atom is 0.270 e. The second-order valence-corrected chi connectivity index (χ2v) is 4.94. The van der Waals surface area contributed by atoms with Crippen molar-refractivity contribution < 1.29 is 9.50 Å². The lowest BCUT2D eigenvalue weighted by atomic mass is 9.95. The fourth-order valence-corrected chi connectivity index (χ4v) is 2.22. The molecule has 3 rings (SSSR count). The molecule has 5 nitrogen and oxygen atoms in total. The molecule has 0 saturated carbocycles. The van der Waals surface area contributed by atoms with Gasteiger partial charge in [0.2, 0.25) is 5.95 Å². The Balaban J connectivity index is 2.07. The molecule has 1 aromatic carbocycles. The molecule has 23 heavy (non-hydrogen) atoms. The first-order valence-corrected chi connectivity index (χ1v) is 6.84. The third-order valence-electron chi connectivity index (χ3n) is 3.39. The molecule has 0 spiro atoms. The van der Waals surface area contributed by atoms with Crippen LogP contribution in [-0.2, 0) is 0 Å². The number of rotatable bonds is 2. The molecule has 0 amide bonds. The van der Waals surface area contributed by atoms with Crippen LogP contribution in [0.3, 0.4) is 0 Å². The Morgan fingerprint density at radius 2 is 1.87 bits per heavy atom. The third-order valence-corrected chi connectivity index (χ3v) is 3.39. The Hall–Kier alpha value is -3.28. The number of aromatic nitrogens is 2. The Labute approximate surface area is 131 Å². The number of halogens is 1. The van der Waals surface area contributed by atoms with E-state index in [9.17, 15) is 4.39 Å². The third kappa shape index (κ3) is 3.01. The van der Waals surface area contributed by atoms with Crippen LogP contribution in [0, 0.1) is 11.2 Å². The quantitative estimate of drug-likeness (QED) is 0.657. The van der Waals surface area contributed by atoms with Crippen molar-refractivity contribution in [3.8, 4) is 0 Å². The summed E-state index contributed by atoms with van der Waals surface area (Å²) in [4.78, 5) is 7.99. The normalized spacial score (nSPS) is 16.2. The Morgan fingerprint density at radius 1 is 1.13 bits per heavy atom. The Bertz CT molecular complexity index is 866. The highest BCUT2D eigenvalue weighted by Crippen LogP contribution is 2.26. The Morgan fingerprint density at radius 3 is 2.57 bits per heavy atom. The molecule has 0 unspecified atom stereocenters. The van der Waals surface area contributed by atoms with E-state index in [1.807, 2.05) is 0 Å². The van der Waals surface area contributed by atoms with Crippen molar-refractivity contribution in [1.29, 1.82) is 5.41 Å². The predicted molar refractivity (Wildman–Crippen MR) is 88.2 cm³/mol. The fourth-order valence-electron chi connectivity index (χ4n) is 2.22. The van der Waals surface area contributed by atoms with Crippen LogP contribution in [0.5, 0.6) is 0 Å². The fraction of sp³-hybridized carbons (Fsp3) is 0. The van der Waals surface area contributed by atoms with Crippen molar-refractivity contribution in [2.45, 2.75) is 0 Å². The van der Waals surface area contributed by atoms with Crippen LogP contribution in [0.15, 0.2) is 60.3 Å². The highest BCUT2D eigenvalue weighted by molar-refractivity contribution is 6.16. The van der Waals surface area contributed by atoms with Crippen LogP contribution in [0.25, 0.3) is 11.3 Å². The number of benzene rings is 1. The minimum atomic E-state index is -0.363. The summed E-state index contributed by atoms with van der Waals surface area (Å²) in [6.07, 6.45) is 6.60. The summed E-state index contributed by atoms with van der Waals surface area (Å²) in [5, 5.41) is 16.3. The number of hydrogen-bond acceptors (Lipinski definition) is 4. The van der Waals surface area contributed by atoms with Gasteiger partial charge in [-0.3, -0.25) is 5.41 Å². The molecule has 0 bridgehead atoms. The van der Waals surface area contributed by atoms with Gasteiger partial charge >= 0.3 is 0 Å². The first-order valence-electron chi connectivity index (χ1n) is 6.84. The van der Waals surface area contributed by atoms with E-state index in [2.05, 4.69) is 9.97 Å². The van der Waals surface area contributed by atoms with Gasteiger partial charge in [-0.15, -0.1) is 0 Å². The maximum absolute atomic E-state index is 13.0. The minimum Gasteiger partial charge on any atom is -0.592 e. The molecule has 1 aliphatic carbocycles. The SMILES string of the molecule is N=C1C=CC(c2ccnc(N)n2)=C/C1=C(/[OH2+])c1ccc(F)cc1. The molecule has 5 N–H and O–H groups in total. The van der Waals surface area contributed by atoms with Crippen molar-refractivity contribution in [3.05, 3.63) is 77.4 Å². The molecule has 6 heteroatoms. The van der Waals surface area contributed by atoms with E-state index in [0.29, 0.717) is 16.8 Å². The summed E-state index contributed by atoms with van der Waals surface area (Å²) in [6, 6.07) is 7.34. The van der Waals surface area contributed by atoms with E-state index < -0.39 is 0 Å². The zero-order chi connectivity index (χ0) is 16.4. The molecule has 114 valence electrons. The molecule has 0 saturated heterocycles. The van der Waals surface area contributed by atoms with E-state index in [-0.39, 0.29) is 23.2 Å². The molecule has 2 aromatic rings. The zero-order valence-corrected chi connectivity index (χ0v) is 12.0. The minimum absolute atomic E-state index is 0.152. The summed E-state index contributed by atoms with van der Waals surface area (Å²) in [5.41, 5.74) is 8.13. The standard InChI is InChI=1S/C17H13FN4O/c18-12-4-1-10(2-5-12)16(23)13-9-11(3-6-14(13)19)15-7-8-21-17(20)22-15/h1-9,19,23H,(H2,20,21,22)/p+1/b16-13-,19-14?.